The fraction of sp³-hybridized carbons (Fsp3) is 0.278. The molecule has 2 aromatic heterocycles. The van der Waals surface area contributed by atoms with E-state index in [-0.39, 0.29) is 11.6 Å². The first kappa shape index (κ1) is 15.4. The van der Waals surface area contributed by atoms with E-state index in [9.17, 15) is 4.79 Å². The van der Waals surface area contributed by atoms with Crippen molar-refractivity contribution < 1.29 is 9.15 Å². The Labute approximate surface area is 134 Å². The molecule has 0 radical (unpaired) electrons. The summed E-state index contributed by atoms with van der Waals surface area (Å²) in [4.78, 5) is 17.3. The third kappa shape index (κ3) is 3.14. The highest BCUT2D eigenvalue weighted by molar-refractivity contribution is 5.80. The number of nitrogens with zero attached hydrogens (tertiary/aromatic N) is 1. The van der Waals surface area contributed by atoms with E-state index in [4.69, 9.17) is 9.15 Å². The number of fused-ring (bicyclic) bond motifs is 1. The SMILES string of the molecule is COc1ccc2cc(CN(C)C(C)c3ccco3)c(=O)[nH]c2c1. The summed E-state index contributed by atoms with van der Waals surface area (Å²) in [6.45, 7) is 2.60. The second kappa shape index (κ2) is 6.30. The van der Waals surface area contributed by atoms with Crippen LogP contribution in [-0.4, -0.2) is 24.0 Å². The molecule has 1 atom stereocenters. The number of nitrogens with one attached hydrogen (secondary N) is 1. The van der Waals surface area contributed by atoms with Crippen LogP contribution in [0.1, 0.15) is 24.3 Å². The first-order valence-corrected chi connectivity index (χ1v) is 7.52. The molecule has 0 saturated carbocycles. The highest BCUT2D eigenvalue weighted by Gasteiger charge is 2.16. The van der Waals surface area contributed by atoms with E-state index < -0.39 is 0 Å². The van der Waals surface area contributed by atoms with Crippen molar-refractivity contribution in [2.24, 2.45) is 0 Å². The van der Waals surface area contributed by atoms with Gasteiger partial charge in [0, 0.05) is 18.2 Å². The van der Waals surface area contributed by atoms with Gasteiger partial charge in [0.15, 0.2) is 0 Å². The maximum absolute atomic E-state index is 12.3. The number of aromatic amines is 1. The predicted octanol–water partition coefficient (Wildman–Crippen LogP) is 3.32. The fourth-order valence-electron chi connectivity index (χ4n) is 2.62. The number of pyridine rings is 1. The fourth-order valence-corrected chi connectivity index (χ4v) is 2.62. The molecule has 0 aliphatic rings. The minimum Gasteiger partial charge on any atom is -0.497 e. The van der Waals surface area contributed by atoms with Crippen LogP contribution < -0.4 is 10.3 Å². The van der Waals surface area contributed by atoms with Gasteiger partial charge in [0.25, 0.3) is 5.56 Å². The van der Waals surface area contributed by atoms with Crippen molar-refractivity contribution in [2.75, 3.05) is 14.2 Å². The van der Waals surface area contributed by atoms with E-state index in [0.717, 1.165) is 28.0 Å². The zero-order valence-electron chi connectivity index (χ0n) is 13.5. The molecular weight excluding hydrogens is 292 g/mol. The van der Waals surface area contributed by atoms with Crippen LogP contribution in [0.5, 0.6) is 5.75 Å². The normalized spacial score (nSPS) is 12.7. The Kier molecular flexibility index (Phi) is 4.21. The lowest BCUT2D eigenvalue weighted by atomic mass is 10.1. The maximum Gasteiger partial charge on any atom is 0.252 e. The topological polar surface area (TPSA) is 58.5 Å². The molecule has 1 aromatic carbocycles. The average Bonchev–Trinajstić information content (AvgIpc) is 3.08. The number of rotatable bonds is 5. The van der Waals surface area contributed by atoms with Gasteiger partial charge in [0.1, 0.15) is 11.5 Å². The Morgan fingerprint density at radius 2 is 2.13 bits per heavy atom. The standard InChI is InChI=1S/C18H20N2O3/c1-12(17-5-4-8-23-17)20(2)11-14-9-13-6-7-15(22-3)10-16(13)19-18(14)21/h4-10,12H,11H2,1-3H3,(H,19,21). The molecular formula is C18H20N2O3. The molecule has 120 valence electrons. The summed E-state index contributed by atoms with van der Waals surface area (Å²) in [6.07, 6.45) is 1.66. The highest BCUT2D eigenvalue weighted by Crippen LogP contribution is 2.22. The van der Waals surface area contributed by atoms with Crippen LogP contribution in [0.25, 0.3) is 10.9 Å². The molecule has 0 spiro atoms. The largest absolute Gasteiger partial charge is 0.497 e. The molecule has 1 N–H and O–H groups in total. The minimum atomic E-state index is -0.0794. The van der Waals surface area contributed by atoms with E-state index in [0.29, 0.717) is 6.54 Å². The van der Waals surface area contributed by atoms with Crippen molar-refractivity contribution >= 4 is 10.9 Å². The van der Waals surface area contributed by atoms with E-state index in [1.807, 2.05) is 43.4 Å². The van der Waals surface area contributed by atoms with E-state index in [1.54, 1.807) is 13.4 Å². The van der Waals surface area contributed by atoms with Crippen LogP contribution in [-0.2, 0) is 6.54 Å². The van der Waals surface area contributed by atoms with Gasteiger partial charge >= 0.3 is 0 Å². The third-order valence-electron chi connectivity index (χ3n) is 4.17. The molecule has 5 heteroatoms. The predicted molar refractivity (Wildman–Crippen MR) is 89.7 cm³/mol. The van der Waals surface area contributed by atoms with Crippen molar-refractivity contribution in [3.63, 3.8) is 0 Å². The summed E-state index contributed by atoms with van der Waals surface area (Å²) in [5.74, 6) is 1.61. The molecule has 0 amide bonds. The second-order valence-electron chi connectivity index (χ2n) is 5.68. The Balaban J connectivity index is 1.88. The molecule has 5 nitrogen and oxygen atoms in total. The smallest absolute Gasteiger partial charge is 0.252 e. The van der Waals surface area contributed by atoms with Crippen LogP contribution in [0.2, 0.25) is 0 Å². The third-order valence-corrected chi connectivity index (χ3v) is 4.17. The second-order valence-corrected chi connectivity index (χ2v) is 5.68. The van der Waals surface area contributed by atoms with Gasteiger partial charge < -0.3 is 14.1 Å². The van der Waals surface area contributed by atoms with Gasteiger partial charge in [-0.15, -0.1) is 0 Å². The van der Waals surface area contributed by atoms with Gasteiger partial charge in [-0.05, 0) is 49.7 Å². The van der Waals surface area contributed by atoms with E-state index in [2.05, 4.69) is 16.8 Å². The first-order chi connectivity index (χ1) is 11.1. The van der Waals surface area contributed by atoms with Gasteiger partial charge in [0.2, 0.25) is 0 Å². The Morgan fingerprint density at radius 3 is 2.83 bits per heavy atom. The van der Waals surface area contributed by atoms with Crippen molar-refractivity contribution in [2.45, 2.75) is 19.5 Å². The zero-order chi connectivity index (χ0) is 16.4. The molecule has 0 saturated heterocycles. The number of methoxy groups -OCH3 is 1. The minimum absolute atomic E-state index is 0.0794. The van der Waals surface area contributed by atoms with E-state index in [1.165, 1.54) is 0 Å². The molecule has 3 rings (SSSR count). The van der Waals surface area contributed by atoms with Crippen molar-refractivity contribution in [1.29, 1.82) is 0 Å². The van der Waals surface area contributed by atoms with Crippen LogP contribution in [0.3, 0.4) is 0 Å². The average molecular weight is 312 g/mol. The molecule has 0 bridgehead atoms. The summed E-state index contributed by atoms with van der Waals surface area (Å²) < 4.78 is 10.6. The molecule has 0 fully saturated rings. The van der Waals surface area contributed by atoms with Gasteiger partial charge in [-0.1, -0.05) is 0 Å². The number of ether oxygens (including phenoxy) is 1. The number of hydrogen-bond donors (Lipinski definition) is 1. The lowest BCUT2D eigenvalue weighted by Gasteiger charge is -2.22. The summed E-state index contributed by atoms with van der Waals surface area (Å²) in [6, 6.07) is 11.5. The van der Waals surface area contributed by atoms with Gasteiger partial charge in [-0.2, -0.15) is 0 Å². The monoisotopic (exact) mass is 312 g/mol. The molecule has 2 heterocycles. The summed E-state index contributed by atoms with van der Waals surface area (Å²) in [5, 5.41) is 0.986. The lowest BCUT2D eigenvalue weighted by molar-refractivity contribution is 0.222. The number of furan rings is 1. The lowest BCUT2D eigenvalue weighted by Crippen LogP contribution is -2.25. The van der Waals surface area contributed by atoms with Crippen LogP contribution >= 0.6 is 0 Å². The maximum atomic E-state index is 12.3. The van der Waals surface area contributed by atoms with Crippen molar-refractivity contribution in [1.82, 2.24) is 9.88 Å². The number of hydrogen-bond acceptors (Lipinski definition) is 4. The van der Waals surface area contributed by atoms with E-state index >= 15 is 0 Å². The number of benzene rings is 1. The Morgan fingerprint density at radius 1 is 1.30 bits per heavy atom. The van der Waals surface area contributed by atoms with Gasteiger partial charge in [-0.3, -0.25) is 9.69 Å². The van der Waals surface area contributed by atoms with Crippen LogP contribution in [0.15, 0.2) is 51.9 Å². The summed E-state index contributed by atoms with van der Waals surface area (Å²) in [5.41, 5.74) is 1.42. The number of H-pyrrole nitrogens is 1. The van der Waals surface area contributed by atoms with Crippen molar-refractivity contribution in [3.05, 3.63) is 64.3 Å². The highest BCUT2D eigenvalue weighted by atomic mass is 16.5. The molecule has 23 heavy (non-hydrogen) atoms. The van der Waals surface area contributed by atoms with Gasteiger partial charge in [0.05, 0.1) is 24.9 Å². The summed E-state index contributed by atoms with van der Waals surface area (Å²) in [7, 11) is 3.59. The zero-order valence-corrected chi connectivity index (χ0v) is 13.5. The Bertz CT molecular complexity index is 852. The van der Waals surface area contributed by atoms with Gasteiger partial charge in [-0.25, -0.2) is 0 Å². The number of aromatic nitrogens is 1. The Hall–Kier alpha value is -2.53. The molecule has 0 aliphatic heterocycles. The van der Waals surface area contributed by atoms with Crippen molar-refractivity contribution in [3.8, 4) is 5.75 Å². The first-order valence-electron chi connectivity index (χ1n) is 7.52. The summed E-state index contributed by atoms with van der Waals surface area (Å²) >= 11 is 0. The quantitative estimate of drug-likeness (QED) is 0.785. The molecule has 0 aliphatic carbocycles. The van der Waals surface area contributed by atoms with Crippen LogP contribution in [0, 0.1) is 0 Å². The molecule has 3 aromatic rings. The van der Waals surface area contributed by atoms with Crippen LogP contribution in [0.4, 0.5) is 0 Å². The molecule has 1 unspecified atom stereocenters.